The summed E-state index contributed by atoms with van der Waals surface area (Å²) in [5.41, 5.74) is 1.25. The summed E-state index contributed by atoms with van der Waals surface area (Å²) in [6.07, 6.45) is 1.79. The van der Waals surface area contributed by atoms with Crippen LogP contribution in [0.2, 0.25) is 0 Å². The molecule has 1 aromatic carbocycles. The summed E-state index contributed by atoms with van der Waals surface area (Å²) < 4.78 is 0. The molecule has 5 heteroatoms. The molecule has 22 heavy (non-hydrogen) atoms. The Hall–Kier alpha value is -1.88. The molecule has 0 unspecified atom stereocenters. The first-order valence-corrected chi connectivity index (χ1v) is 8.11. The van der Waals surface area contributed by atoms with Crippen molar-refractivity contribution >= 4 is 11.8 Å². The minimum absolute atomic E-state index is 0.153. The van der Waals surface area contributed by atoms with Crippen molar-refractivity contribution in [3.05, 3.63) is 35.9 Å². The Kier molecular flexibility index (Phi) is 3.37. The molecule has 3 fully saturated rings. The molecule has 3 heterocycles. The molecule has 4 rings (SSSR count). The lowest BCUT2D eigenvalue weighted by atomic mass is 10.0. The van der Waals surface area contributed by atoms with E-state index in [9.17, 15) is 9.59 Å². The summed E-state index contributed by atoms with van der Waals surface area (Å²) in [6.45, 7) is 3.76. The van der Waals surface area contributed by atoms with Gasteiger partial charge in [-0.15, -0.1) is 0 Å². The minimum Gasteiger partial charge on any atom is -0.329 e. The quantitative estimate of drug-likeness (QED) is 0.807. The van der Waals surface area contributed by atoms with E-state index in [1.165, 1.54) is 5.56 Å². The number of amides is 2. The molecule has 3 aliphatic rings. The maximum Gasteiger partial charge on any atom is 0.247 e. The van der Waals surface area contributed by atoms with Gasteiger partial charge in [0.1, 0.15) is 12.1 Å². The van der Waals surface area contributed by atoms with E-state index in [0.29, 0.717) is 13.1 Å². The van der Waals surface area contributed by atoms with Gasteiger partial charge in [0.2, 0.25) is 11.8 Å². The molecule has 3 saturated heterocycles. The molecule has 0 aromatic heterocycles. The largest absolute Gasteiger partial charge is 0.329 e. The molecule has 116 valence electrons. The zero-order valence-corrected chi connectivity index (χ0v) is 12.6. The first-order valence-electron chi connectivity index (χ1n) is 8.11. The van der Waals surface area contributed by atoms with Crippen molar-refractivity contribution in [2.45, 2.75) is 31.5 Å². The Balaban J connectivity index is 1.50. The van der Waals surface area contributed by atoms with Crippen LogP contribution in [0.5, 0.6) is 0 Å². The van der Waals surface area contributed by atoms with Gasteiger partial charge in [0.25, 0.3) is 0 Å². The maximum atomic E-state index is 12.7. The van der Waals surface area contributed by atoms with Crippen molar-refractivity contribution in [1.82, 2.24) is 14.7 Å². The fourth-order valence-corrected chi connectivity index (χ4v) is 3.97. The van der Waals surface area contributed by atoms with Crippen molar-refractivity contribution in [3.63, 3.8) is 0 Å². The van der Waals surface area contributed by atoms with Crippen LogP contribution in [0.15, 0.2) is 30.3 Å². The molecule has 0 aliphatic carbocycles. The van der Waals surface area contributed by atoms with E-state index in [1.807, 2.05) is 28.0 Å². The van der Waals surface area contributed by atoms with Crippen LogP contribution in [0.3, 0.4) is 0 Å². The third kappa shape index (κ3) is 2.20. The molecular weight excluding hydrogens is 278 g/mol. The van der Waals surface area contributed by atoms with Gasteiger partial charge in [0, 0.05) is 32.7 Å². The third-order valence-electron chi connectivity index (χ3n) is 5.10. The third-order valence-corrected chi connectivity index (χ3v) is 5.10. The number of nitrogens with zero attached hydrogens (tertiary/aromatic N) is 3. The topological polar surface area (TPSA) is 43.9 Å². The minimum atomic E-state index is -0.278. The second-order valence-electron chi connectivity index (χ2n) is 6.46. The summed E-state index contributed by atoms with van der Waals surface area (Å²) in [5, 5.41) is 0. The Morgan fingerprint density at radius 3 is 2.45 bits per heavy atom. The van der Waals surface area contributed by atoms with Gasteiger partial charge >= 0.3 is 0 Å². The summed E-state index contributed by atoms with van der Waals surface area (Å²) in [6, 6.07) is 9.85. The lowest BCUT2D eigenvalue weighted by Gasteiger charge is -2.47. The highest BCUT2D eigenvalue weighted by Crippen LogP contribution is 2.29. The predicted molar refractivity (Wildman–Crippen MR) is 82.0 cm³/mol. The van der Waals surface area contributed by atoms with Gasteiger partial charge < -0.3 is 9.80 Å². The number of benzene rings is 1. The van der Waals surface area contributed by atoms with Gasteiger partial charge in [-0.25, -0.2) is 0 Å². The number of hydrogen-bond acceptors (Lipinski definition) is 3. The van der Waals surface area contributed by atoms with Crippen molar-refractivity contribution in [2.24, 2.45) is 0 Å². The number of fused-ring (bicyclic) bond motifs is 2. The summed E-state index contributed by atoms with van der Waals surface area (Å²) in [4.78, 5) is 31.2. The first-order chi connectivity index (χ1) is 10.7. The number of carbonyl (C=O) groups is 2. The van der Waals surface area contributed by atoms with Crippen LogP contribution in [0, 0.1) is 0 Å². The average molecular weight is 299 g/mol. The zero-order chi connectivity index (χ0) is 15.1. The van der Waals surface area contributed by atoms with Crippen molar-refractivity contribution in [1.29, 1.82) is 0 Å². The summed E-state index contributed by atoms with van der Waals surface area (Å²) in [7, 11) is 0. The fourth-order valence-electron chi connectivity index (χ4n) is 3.97. The standard InChI is InChI=1S/C17H21N3O2/c21-16-14-7-4-8-19(14)17(22)15-12-18(9-10-20(15)16)11-13-5-2-1-3-6-13/h1-3,5-6,14-15H,4,7-12H2/t14-,15+/m0/s1. The van der Waals surface area contributed by atoms with Crippen LogP contribution in [0.1, 0.15) is 18.4 Å². The second-order valence-corrected chi connectivity index (χ2v) is 6.46. The Morgan fingerprint density at radius 2 is 1.64 bits per heavy atom. The molecule has 5 nitrogen and oxygen atoms in total. The molecule has 0 bridgehead atoms. The molecule has 0 spiro atoms. The van der Waals surface area contributed by atoms with Crippen LogP contribution in [0.4, 0.5) is 0 Å². The number of piperazine rings is 2. The van der Waals surface area contributed by atoms with Crippen LogP contribution in [-0.4, -0.2) is 64.8 Å². The van der Waals surface area contributed by atoms with E-state index in [0.717, 1.165) is 32.5 Å². The highest BCUT2D eigenvalue weighted by Gasteiger charge is 2.49. The summed E-state index contributed by atoms with van der Waals surface area (Å²) >= 11 is 0. The van der Waals surface area contributed by atoms with Crippen LogP contribution in [0.25, 0.3) is 0 Å². The fraction of sp³-hybridized carbons (Fsp3) is 0.529. The van der Waals surface area contributed by atoms with E-state index < -0.39 is 0 Å². The number of hydrogen-bond donors (Lipinski definition) is 0. The van der Waals surface area contributed by atoms with Crippen LogP contribution < -0.4 is 0 Å². The lowest BCUT2D eigenvalue weighted by Crippen LogP contribution is -2.68. The molecule has 3 aliphatic heterocycles. The monoisotopic (exact) mass is 299 g/mol. The number of carbonyl (C=O) groups excluding carboxylic acids is 2. The average Bonchev–Trinajstić information content (AvgIpc) is 3.04. The van der Waals surface area contributed by atoms with Crippen molar-refractivity contribution in [3.8, 4) is 0 Å². The molecule has 0 radical (unpaired) electrons. The molecular formula is C17H21N3O2. The van der Waals surface area contributed by atoms with E-state index in [2.05, 4.69) is 17.0 Å². The van der Waals surface area contributed by atoms with E-state index in [-0.39, 0.29) is 23.9 Å². The molecule has 0 saturated carbocycles. The molecule has 2 atom stereocenters. The summed E-state index contributed by atoms with van der Waals surface area (Å²) in [5.74, 6) is 0.321. The van der Waals surface area contributed by atoms with Crippen LogP contribution >= 0.6 is 0 Å². The smallest absolute Gasteiger partial charge is 0.247 e. The zero-order valence-electron chi connectivity index (χ0n) is 12.6. The van der Waals surface area contributed by atoms with E-state index in [1.54, 1.807) is 0 Å². The molecule has 1 aromatic rings. The van der Waals surface area contributed by atoms with Gasteiger partial charge in [-0.1, -0.05) is 30.3 Å². The Bertz CT molecular complexity index is 589. The van der Waals surface area contributed by atoms with Gasteiger partial charge in [0.05, 0.1) is 0 Å². The van der Waals surface area contributed by atoms with E-state index in [4.69, 9.17) is 0 Å². The maximum absolute atomic E-state index is 12.7. The number of rotatable bonds is 2. The Morgan fingerprint density at radius 1 is 0.909 bits per heavy atom. The van der Waals surface area contributed by atoms with Gasteiger partial charge in [-0.2, -0.15) is 0 Å². The lowest BCUT2D eigenvalue weighted by molar-refractivity contribution is -0.163. The second kappa shape index (κ2) is 5.39. The SMILES string of the molecule is O=C1[C@@H]2CCCN2C(=O)[C@H]2CN(Cc3ccccc3)CCN12. The van der Waals surface area contributed by atoms with E-state index >= 15 is 0 Å². The van der Waals surface area contributed by atoms with Crippen molar-refractivity contribution < 1.29 is 9.59 Å². The first kappa shape index (κ1) is 13.8. The normalized spacial score (nSPS) is 28.7. The highest BCUT2D eigenvalue weighted by molar-refractivity contribution is 5.97. The van der Waals surface area contributed by atoms with Crippen molar-refractivity contribution in [2.75, 3.05) is 26.2 Å². The van der Waals surface area contributed by atoms with Gasteiger partial charge in [-0.05, 0) is 18.4 Å². The van der Waals surface area contributed by atoms with Gasteiger partial charge in [0.15, 0.2) is 0 Å². The highest BCUT2D eigenvalue weighted by atomic mass is 16.2. The molecule has 0 N–H and O–H groups in total. The van der Waals surface area contributed by atoms with Gasteiger partial charge in [-0.3, -0.25) is 14.5 Å². The molecule has 2 amide bonds. The van der Waals surface area contributed by atoms with Crippen LogP contribution in [-0.2, 0) is 16.1 Å². The Labute approximate surface area is 130 Å². The predicted octanol–water partition coefficient (Wildman–Crippen LogP) is 0.704.